The Bertz CT molecular complexity index is 896. The molecule has 2 aromatic rings. The maximum Gasteiger partial charge on any atom is 0.412 e. The van der Waals surface area contributed by atoms with Crippen molar-refractivity contribution in [2.45, 2.75) is 24.5 Å². The number of amides is 1. The summed E-state index contributed by atoms with van der Waals surface area (Å²) in [5, 5.41) is 13.8. The number of esters is 1. The van der Waals surface area contributed by atoms with Crippen LogP contribution in [0.15, 0.2) is 17.8 Å². The van der Waals surface area contributed by atoms with Crippen LogP contribution in [0.5, 0.6) is 0 Å². The molecule has 2 aromatic heterocycles. The molecular formula is C11H9ClN8O5. The van der Waals surface area contributed by atoms with Gasteiger partial charge in [-0.2, -0.15) is 0 Å². The van der Waals surface area contributed by atoms with Crippen LogP contribution in [0.1, 0.15) is 6.23 Å². The largest absolute Gasteiger partial charge is 0.412 e. The highest BCUT2D eigenvalue weighted by Crippen LogP contribution is 2.34. The highest BCUT2D eigenvalue weighted by Gasteiger charge is 2.49. The summed E-state index contributed by atoms with van der Waals surface area (Å²) >= 11 is 5.91. The van der Waals surface area contributed by atoms with Gasteiger partial charge < -0.3 is 20.3 Å². The lowest BCUT2D eigenvalue weighted by atomic mass is 10.1. The fourth-order valence-corrected chi connectivity index (χ4v) is 2.62. The molecule has 13 nitrogen and oxygen atoms in total. The van der Waals surface area contributed by atoms with Gasteiger partial charge in [-0.25, -0.2) is 24.5 Å². The van der Waals surface area contributed by atoms with E-state index in [-0.39, 0.29) is 16.3 Å². The number of aliphatic hydroxyl groups excluding tert-OH is 1. The number of carbonyl (C=O) groups excluding carboxylic acids is 2. The summed E-state index contributed by atoms with van der Waals surface area (Å²) in [7, 11) is 0. The van der Waals surface area contributed by atoms with E-state index in [9.17, 15) is 14.7 Å². The van der Waals surface area contributed by atoms with Gasteiger partial charge in [-0.15, -0.1) is 0 Å². The Labute approximate surface area is 142 Å². The summed E-state index contributed by atoms with van der Waals surface area (Å²) in [6, 6.07) is -1.36. The summed E-state index contributed by atoms with van der Waals surface area (Å²) < 4.78 is 10.9. The van der Waals surface area contributed by atoms with Gasteiger partial charge in [-0.05, 0) is 5.53 Å². The van der Waals surface area contributed by atoms with Gasteiger partial charge in [0, 0.05) is 4.91 Å². The molecule has 0 aliphatic carbocycles. The second-order valence-electron chi connectivity index (χ2n) is 4.86. The number of hydrogen-bond acceptors (Lipinski definition) is 9. The van der Waals surface area contributed by atoms with E-state index < -0.39 is 36.5 Å². The first kappa shape index (κ1) is 16.9. The van der Waals surface area contributed by atoms with E-state index in [1.54, 1.807) is 0 Å². The number of rotatable bonds is 3. The maximum atomic E-state index is 11.9. The van der Waals surface area contributed by atoms with Crippen LogP contribution in [0.3, 0.4) is 0 Å². The number of imidazole rings is 1. The zero-order chi connectivity index (χ0) is 18.1. The van der Waals surface area contributed by atoms with E-state index in [2.05, 4.69) is 29.7 Å². The summed E-state index contributed by atoms with van der Waals surface area (Å²) in [4.78, 5) is 37.0. The van der Waals surface area contributed by atoms with Crippen LogP contribution >= 0.6 is 11.6 Å². The van der Waals surface area contributed by atoms with Crippen LogP contribution in [0, 0.1) is 0 Å². The topological polar surface area (TPSA) is 191 Å². The number of primary amides is 1. The number of halogens is 1. The molecule has 0 spiro atoms. The van der Waals surface area contributed by atoms with Crippen LogP contribution in [-0.2, 0) is 14.3 Å². The number of aliphatic hydroxyl groups is 1. The van der Waals surface area contributed by atoms with Crippen molar-refractivity contribution in [3.05, 3.63) is 28.3 Å². The van der Waals surface area contributed by atoms with E-state index in [1.807, 2.05) is 0 Å². The van der Waals surface area contributed by atoms with E-state index >= 15 is 0 Å². The van der Waals surface area contributed by atoms with E-state index in [0.29, 0.717) is 0 Å². The zero-order valence-corrected chi connectivity index (χ0v) is 12.9. The molecule has 25 heavy (non-hydrogen) atoms. The van der Waals surface area contributed by atoms with Gasteiger partial charge in [0.2, 0.25) is 0 Å². The molecular weight excluding hydrogens is 360 g/mol. The number of ether oxygens (including phenoxy) is 2. The van der Waals surface area contributed by atoms with Gasteiger partial charge in [-0.3, -0.25) is 4.57 Å². The smallest absolute Gasteiger partial charge is 0.388 e. The average molecular weight is 369 g/mol. The Hall–Kier alpha value is -2.99. The molecule has 3 N–H and O–H groups in total. The highest BCUT2D eigenvalue weighted by molar-refractivity contribution is 6.33. The third kappa shape index (κ3) is 2.92. The van der Waals surface area contributed by atoms with Gasteiger partial charge >= 0.3 is 12.1 Å². The van der Waals surface area contributed by atoms with Crippen molar-refractivity contribution in [1.82, 2.24) is 19.5 Å². The van der Waals surface area contributed by atoms with Crippen LogP contribution in [0.4, 0.5) is 4.79 Å². The first-order chi connectivity index (χ1) is 11.9. The Morgan fingerprint density at radius 2 is 2.24 bits per heavy atom. The number of hydrogen-bond donors (Lipinski definition) is 2. The molecule has 1 aliphatic heterocycles. The molecule has 4 unspecified atom stereocenters. The number of aromatic nitrogens is 4. The molecule has 1 fully saturated rings. The maximum absolute atomic E-state index is 11.9. The second-order valence-corrected chi connectivity index (χ2v) is 5.22. The van der Waals surface area contributed by atoms with Crippen molar-refractivity contribution in [1.29, 1.82) is 0 Å². The lowest BCUT2D eigenvalue weighted by Crippen LogP contribution is -2.37. The standard InChI is InChI=1S/C11H9ClN8O5/c12-7-4-8(16-1-15-7)20(2-17-4)9-5(21)3(18-19-14)6(24-9)10(22)25-11(13)23/h1-3,5-6,9,21H,(H2,13,23). The molecule has 1 amide bonds. The molecule has 0 bridgehead atoms. The average Bonchev–Trinajstić information content (AvgIpc) is 3.10. The van der Waals surface area contributed by atoms with Crippen molar-refractivity contribution in [2.75, 3.05) is 0 Å². The third-order valence-corrected chi connectivity index (χ3v) is 3.72. The van der Waals surface area contributed by atoms with Crippen molar-refractivity contribution in [3.63, 3.8) is 0 Å². The predicted molar refractivity (Wildman–Crippen MR) is 78.9 cm³/mol. The van der Waals surface area contributed by atoms with Crippen LogP contribution in [0.25, 0.3) is 21.6 Å². The van der Waals surface area contributed by atoms with Gasteiger partial charge in [0.1, 0.15) is 24.0 Å². The number of carbonyl (C=O) groups is 2. The van der Waals surface area contributed by atoms with Crippen LogP contribution in [0.2, 0.25) is 5.15 Å². The Morgan fingerprint density at radius 1 is 1.48 bits per heavy atom. The van der Waals surface area contributed by atoms with E-state index in [1.165, 1.54) is 17.2 Å². The van der Waals surface area contributed by atoms with Gasteiger partial charge in [0.15, 0.2) is 23.1 Å². The summed E-state index contributed by atoms with van der Waals surface area (Å²) in [6.07, 6.45) is -3.16. The van der Waals surface area contributed by atoms with Crippen molar-refractivity contribution >= 4 is 34.8 Å². The van der Waals surface area contributed by atoms with Crippen molar-refractivity contribution in [3.8, 4) is 0 Å². The number of azide groups is 1. The minimum Gasteiger partial charge on any atom is -0.388 e. The molecule has 3 rings (SSSR count). The Balaban J connectivity index is 1.99. The molecule has 130 valence electrons. The molecule has 0 saturated carbocycles. The van der Waals surface area contributed by atoms with Gasteiger partial charge in [0.05, 0.1) is 6.33 Å². The van der Waals surface area contributed by atoms with Crippen molar-refractivity contribution in [2.24, 2.45) is 10.8 Å². The van der Waals surface area contributed by atoms with Gasteiger partial charge in [-0.1, -0.05) is 16.7 Å². The SMILES string of the molecule is [N-]=[N+]=NC1C(C(=O)OC(N)=O)OC(n2cnc3c(Cl)ncnc32)C1O. The fraction of sp³-hybridized carbons (Fsp3) is 0.364. The summed E-state index contributed by atoms with van der Waals surface area (Å²) in [6.45, 7) is 0. The van der Waals surface area contributed by atoms with Crippen LogP contribution < -0.4 is 5.73 Å². The number of nitrogens with zero attached hydrogens (tertiary/aromatic N) is 7. The summed E-state index contributed by atoms with van der Waals surface area (Å²) in [5.74, 6) is -1.21. The number of fused-ring (bicyclic) bond motifs is 1. The quantitative estimate of drug-likeness (QED) is 0.189. The molecule has 0 aromatic carbocycles. The molecule has 3 heterocycles. The monoisotopic (exact) mass is 368 g/mol. The lowest BCUT2D eigenvalue weighted by molar-refractivity contribution is -0.152. The summed E-state index contributed by atoms with van der Waals surface area (Å²) in [5.41, 5.74) is 13.9. The molecule has 0 radical (unpaired) electrons. The number of nitrogens with two attached hydrogens (primary N) is 1. The lowest BCUT2D eigenvalue weighted by Gasteiger charge is -2.16. The van der Waals surface area contributed by atoms with E-state index in [0.717, 1.165) is 0 Å². The normalized spacial score (nSPS) is 25.5. The van der Waals surface area contributed by atoms with E-state index in [4.69, 9.17) is 27.6 Å². The molecule has 4 atom stereocenters. The molecule has 1 aliphatic rings. The highest BCUT2D eigenvalue weighted by atomic mass is 35.5. The Kier molecular flexibility index (Phi) is 4.37. The zero-order valence-electron chi connectivity index (χ0n) is 12.1. The fourth-order valence-electron chi connectivity index (χ4n) is 2.44. The molecule has 1 saturated heterocycles. The first-order valence-electron chi connectivity index (χ1n) is 6.66. The van der Waals surface area contributed by atoms with Crippen LogP contribution in [-0.4, -0.2) is 54.9 Å². The predicted octanol–water partition coefficient (Wildman–Crippen LogP) is 0.0388. The second kappa shape index (κ2) is 6.49. The third-order valence-electron chi connectivity index (χ3n) is 3.45. The Morgan fingerprint density at radius 3 is 2.92 bits per heavy atom. The minimum absolute atomic E-state index is 0.0764. The molecule has 14 heteroatoms. The minimum atomic E-state index is -1.56. The first-order valence-corrected chi connectivity index (χ1v) is 7.03. The van der Waals surface area contributed by atoms with Gasteiger partial charge in [0.25, 0.3) is 0 Å². The van der Waals surface area contributed by atoms with Crippen molar-refractivity contribution < 1.29 is 24.2 Å².